The largest absolute Gasteiger partial charge is 0.480 e. The van der Waals surface area contributed by atoms with Gasteiger partial charge in [-0.2, -0.15) is 8.78 Å². The fourth-order valence-electron chi connectivity index (χ4n) is 2.20. The van der Waals surface area contributed by atoms with Gasteiger partial charge in [0.25, 0.3) is 5.91 Å². The van der Waals surface area contributed by atoms with Crippen LogP contribution in [0.1, 0.15) is 25.3 Å². The van der Waals surface area contributed by atoms with Crippen LogP contribution in [0.4, 0.5) is 8.78 Å². The Morgan fingerprint density at radius 3 is 2.38 bits per heavy atom. The summed E-state index contributed by atoms with van der Waals surface area (Å²) < 4.78 is 28.0. The molecular formula is C16H22F2N2O4. The van der Waals surface area contributed by atoms with Crippen molar-refractivity contribution in [1.82, 2.24) is 5.32 Å². The van der Waals surface area contributed by atoms with Gasteiger partial charge in [0.05, 0.1) is 0 Å². The molecule has 1 aromatic carbocycles. The molecule has 5 N–H and O–H groups in total. The molecule has 1 aromatic rings. The number of carbonyl (C=O) groups excluding carboxylic acids is 1. The van der Waals surface area contributed by atoms with E-state index in [0.29, 0.717) is 12.0 Å². The highest BCUT2D eigenvalue weighted by Crippen LogP contribution is 2.23. The number of alkyl halides is 2. The number of hydrogen-bond donors (Lipinski definition) is 4. The lowest BCUT2D eigenvalue weighted by Gasteiger charge is -2.27. The molecule has 24 heavy (non-hydrogen) atoms. The summed E-state index contributed by atoms with van der Waals surface area (Å²) in [6.45, 7) is 1.70. The van der Waals surface area contributed by atoms with Gasteiger partial charge in [-0.3, -0.25) is 4.79 Å². The van der Waals surface area contributed by atoms with Crippen LogP contribution in [0, 0.1) is 0 Å². The Morgan fingerprint density at radius 2 is 1.88 bits per heavy atom. The second-order valence-electron chi connectivity index (χ2n) is 5.57. The van der Waals surface area contributed by atoms with Crippen molar-refractivity contribution in [2.24, 2.45) is 5.73 Å². The first-order valence-corrected chi connectivity index (χ1v) is 7.59. The standard InChI is InChI=1S/C16H22F2N2O4/c1-2-6-11(19)13(21)16(17,18)15(24)20-12(14(22)23)9-10-7-4-3-5-8-10/h3-5,7-8,11-13,21H,2,6,9,19H2,1H3,(H,20,24)(H,22,23)/t11-,12-,13?/m0/s1. The lowest BCUT2D eigenvalue weighted by Crippen LogP contribution is -2.58. The van der Waals surface area contributed by atoms with Crippen LogP contribution in [0.25, 0.3) is 0 Å². The third-order valence-corrected chi connectivity index (χ3v) is 3.59. The summed E-state index contributed by atoms with van der Waals surface area (Å²) in [6.07, 6.45) is -1.98. The highest BCUT2D eigenvalue weighted by molar-refractivity contribution is 5.88. The quantitative estimate of drug-likeness (QED) is 0.532. The number of benzene rings is 1. The van der Waals surface area contributed by atoms with E-state index in [4.69, 9.17) is 10.8 Å². The number of aliphatic hydroxyl groups is 1. The molecule has 0 aliphatic carbocycles. The zero-order valence-electron chi connectivity index (χ0n) is 13.3. The smallest absolute Gasteiger partial charge is 0.351 e. The Bertz CT molecular complexity index is 554. The Balaban J connectivity index is 2.82. The van der Waals surface area contributed by atoms with Crippen LogP contribution in [-0.4, -0.2) is 46.2 Å². The molecule has 0 aliphatic rings. The van der Waals surface area contributed by atoms with E-state index >= 15 is 0 Å². The summed E-state index contributed by atoms with van der Waals surface area (Å²) in [7, 11) is 0. The first-order valence-electron chi connectivity index (χ1n) is 7.59. The van der Waals surface area contributed by atoms with E-state index in [1.165, 1.54) is 0 Å². The Kier molecular flexibility index (Phi) is 7.24. The average Bonchev–Trinajstić information content (AvgIpc) is 2.54. The molecule has 0 aliphatic heterocycles. The number of carbonyl (C=O) groups is 2. The molecule has 1 amide bonds. The zero-order chi connectivity index (χ0) is 18.3. The maximum Gasteiger partial charge on any atom is 0.351 e. The van der Waals surface area contributed by atoms with Crippen molar-refractivity contribution in [3.05, 3.63) is 35.9 Å². The molecule has 8 heteroatoms. The molecule has 0 fully saturated rings. The van der Waals surface area contributed by atoms with Gasteiger partial charge >= 0.3 is 11.9 Å². The molecule has 134 valence electrons. The number of nitrogens with one attached hydrogen (secondary N) is 1. The molecule has 0 bridgehead atoms. The van der Waals surface area contributed by atoms with Crippen molar-refractivity contribution in [2.75, 3.05) is 0 Å². The summed E-state index contributed by atoms with van der Waals surface area (Å²) in [6, 6.07) is 5.46. The molecule has 0 spiro atoms. The average molecular weight is 344 g/mol. The molecule has 3 atom stereocenters. The van der Waals surface area contributed by atoms with Crippen LogP contribution in [0.2, 0.25) is 0 Å². The van der Waals surface area contributed by atoms with Crippen molar-refractivity contribution in [2.45, 2.75) is 50.3 Å². The van der Waals surface area contributed by atoms with Crippen molar-refractivity contribution in [3.63, 3.8) is 0 Å². The fourth-order valence-corrected chi connectivity index (χ4v) is 2.20. The van der Waals surface area contributed by atoms with Crippen LogP contribution < -0.4 is 11.1 Å². The number of rotatable bonds is 9. The lowest BCUT2D eigenvalue weighted by atomic mass is 9.99. The van der Waals surface area contributed by atoms with Crippen LogP contribution in [0.5, 0.6) is 0 Å². The summed E-state index contributed by atoms with van der Waals surface area (Å²) in [5, 5.41) is 20.5. The minimum absolute atomic E-state index is 0.108. The van der Waals surface area contributed by atoms with Gasteiger partial charge in [0.15, 0.2) is 0 Å². The summed E-state index contributed by atoms with van der Waals surface area (Å²) in [5.74, 6) is -7.49. The summed E-state index contributed by atoms with van der Waals surface area (Å²) in [4.78, 5) is 23.0. The SMILES string of the molecule is CCC[C@H](N)C(O)C(F)(F)C(=O)N[C@@H](Cc1ccccc1)C(=O)O. The molecule has 0 heterocycles. The van der Waals surface area contributed by atoms with Gasteiger partial charge in [-0.05, 0) is 12.0 Å². The van der Waals surface area contributed by atoms with E-state index in [0.717, 1.165) is 0 Å². The number of aliphatic hydroxyl groups excluding tert-OH is 1. The van der Waals surface area contributed by atoms with Gasteiger partial charge in [-0.25, -0.2) is 4.79 Å². The molecule has 0 aromatic heterocycles. The molecule has 1 unspecified atom stereocenters. The van der Waals surface area contributed by atoms with Crippen molar-refractivity contribution in [1.29, 1.82) is 0 Å². The van der Waals surface area contributed by atoms with Crippen molar-refractivity contribution >= 4 is 11.9 Å². The Hall–Kier alpha value is -2.06. The number of halogens is 2. The van der Waals surface area contributed by atoms with Crippen molar-refractivity contribution < 1.29 is 28.6 Å². The number of hydrogen-bond acceptors (Lipinski definition) is 4. The second kappa shape index (κ2) is 8.70. The predicted molar refractivity (Wildman–Crippen MR) is 83.5 cm³/mol. The Labute approximate surface area is 138 Å². The van der Waals surface area contributed by atoms with E-state index in [2.05, 4.69) is 0 Å². The lowest BCUT2D eigenvalue weighted by molar-refractivity contribution is -0.168. The van der Waals surface area contributed by atoms with Crippen LogP contribution >= 0.6 is 0 Å². The first-order chi connectivity index (χ1) is 11.2. The van der Waals surface area contributed by atoms with E-state index < -0.39 is 36.0 Å². The Morgan fingerprint density at radius 1 is 1.29 bits per heavy atom. The number of aliphatic carboxylic acids is 1. The highest BCUT2D eigenvalue weighted by atomic mass is 19.3. The maximum absolute atomic E-state index is 14.0. The summed E-state index contributed by atoms with van der Waals surface area (Å²) in [5.41, 5.74) is 6.01. The van der Waals surface area contributed by atoms with Crippen LogP contribution in [0.15, 0.2) is 30.3 Å². The van der Waals surface area contributed by atoms with Crippen LogP contribution in [0.3, 0.4) is 0 Å². The zero-order valence-corrected chi connectivity index (χ0v) is 13.3. The summed E-state index contributed by atoms with van der Waals surface area (Å²) >= 11 is 0. The third kappa shape index (κ3) is 5.24. The topological polar surface area (TPSA) is 113 Å². The number of amides is 1. The minimum Gasteiger partial charge on any atom is -0.480 e. The van der Waals surface area contributed by atoms with Gasteiger partial charge in [-0.15, -0.1) is 0 Å². The maximum atomic E-state index is 14.0. The van der Waals surface area contributed by atoms with Gasteiger partial charge < -0.3 is 21.3 Å². The molecule has 0 radical (unpaired) electrons. The minimum atomic E-state index is -4.18. The predicted octanol–water partition coefficient (Wildman–Crippen LogP) is 0.922. The second-order valence-corrected chi connectivity index (χ2v) is 5.57. The van der Waals surface area contributed by atoms with Crippen LogP contribution in [-0.2, 0) is 16.0 Å². The molecular weight excluding hydrogens is 322 g/mol. The van der Waals surface area contributed by atoms with Gasteiger partial charge in [0, 0.05) is 12.5 Å². The van der Waals surface area contributed by atoms with E-state index in [9.17, 15) is 23.5 Å². The fraction of sp³-hybridized carbons (Fsp3) is 0.500. The number of carboxylic acids is 1. The van der Waals surface area contributed by atoms with Gasteiger partial charge in [-0.1, -0.05) is 43.7 Å². The third-order valence-electron chi connectivity index (χ3n) is 3.59. The number of nitrogens with two attached hydrogens (primary N) is 1. The normalized spacial score (nSPS) is 15.4. The highest BCUT2D eigenvalue weighted by Gasteiger charge is 2.49. The van der Waals surface area contributed by atoms with E-state index in [1.807, 2.05) is 0 Å². The van der Waals surface area contributed by atoms with E-state index in [-0.39, 0.29) is 12.8 Å². The first kappa shape index (κ1) is 20.0. The van der Waals surface area contributed by atoms with E-state index in [1.54, 1.807) is 42.6 Å². The molecule has 6 nitrogen and oxygen atoms in total. The monoisotopic (exact) mass is 344 g/mol. The molecule has 1 rings (SSSR count). The van der Waals surface area contributed by atoms with Gasteiger partial charge in [0.2, 0.25) is 0 Å². The molecule has 0 saturated heterocycles. The van der Waals surface area contributed by atoms with Gasteiger partial charge in [0.1, 0.15) is 12.1 Å². The van der Waals surface area contributed by atoms with Crippen molar-refractivity contribution in [3.8, 4) is 0 Å². The molecule has 0 saturated carbocycles. The number of carboxylic acid groups (broad SMARTS) is 1.